The summed E-state index contributed by atoms with van der Waals surface area (Å²) in [5.41, 5.74) is 0.683. The molecule has 0 amide bonds. The minimum atomic E-state index is -0.920. The molecule has 0 bridgehead atoms. The predicted octanol–water partition coefficient (Wildman–Crippen LogP) is 1.00. The zero-order valence-electron chi connectivity index (χ0n) is 5.15. The molecule has 0 aromatic heterocycles. The Hall–Kier alpha value is -1.06. The summed E-state index contributed by atoms with van der Waals surface area (Å²) in [6.45, 7) is 0. The van der Waals surface area contributed by atoms with Crippen LogP contribution in [0.2, 0.25) is 0 Å². The van der Waals surface area contributed by atoms with Gasteiger partial charge in [0.2, 0.25) is 6.29 Å². The van der Waals surface area contributed by atoms with Crippen molar-refractivity contribution in [2.24, 2.45) is 0 Å². The van der Waals surface area contributed by atoms with E-state index >= 15 is 0 Å². The van der Waals surface area contributed by atoms with Crippen molar-refractivity contribution in [3.8, 4) is 5.75 Å². The van der Waals surface area contributed by atoms with Gasteiger partial charge in [0.05, 0.1) is 5.56 Å². The third-order valence-electron chi connectivity index (χ3n) is 1.41. The first-order valence-electron chi connectivity index (χ1n) is 2.98. The highest BCUT2D eigenvalue weighted by Gasteiger charge is 2.22. The van der Waals surface area contributed by atoms with Crippen molar-refractivity contribution in [2.75, 3.05) is 0 Å². The van der Waals surface area contributed by atoms with Crippen molar-refractivity contribution < 1.29 is 14.9 Å². The molecule has 0 saturated carbocycles. The molecule has 1 unspecified atom stereocenters. The standard InChI is InChI=1S/C7H6O3/c8-7-5-3-1-2-4-6(5)9-10-7/h1-4,7-8H. The van der Waals surface area contributed by atoms with Gasteiger partial charge in [0.1, 0.15) is 0 Å². The second-order valence-electron chi connectivity index (χ2n) is 2.07. The van der Waals surface area contributed by atoms with E-state index in [-0.39, 0.29) is 0 Å². The summed E-state index contributed by atoms with van der Waals surface area (Å²) in [5.74, 6) is 0.593. The Kier molecular flexibility index (Phi) is 1.12. The average molecular weight is 138 g/mol. The van der Waals surface area contributed by atoms with E-state index in [4.69, 9.17) is 5.11 Å². The quantitative estimate of drug-likeness (QED) is 0.543. The fourth-order valence-corrected chi connectivity index (χ4v) is 0.910. The van der Waals surface area contributed by atoms with Gasteiger partial charge in [-0.2, -0.15) is 4.89 Å². The molecule has 1 heterocycles. The third-order valence-corrected chi connectivity index (χ3v) is 1.41. The van der Waals surface area contributed by atoms with Gasteiger partial charge in [0.25, 0.3) is 0 Å². The predicted molar refractivity (Wildman–Crippen MR) is 33.1 cm³/mol. The van der Waals surface area contributed by atoms with E-state index < -0.39 is 6.29 Å². The summed E-state index contributed by atoms with van der Waals surface area (Å²) in [4.78, 5) is 9.14. The van der Waals surface area contributed by atoms with E-state index in [1.54, 1.807) is 12.1 Å². The van der Waals surface area contributed by atoms with Crippen LogP contribution in [-0.2, 0) is 4.89 Å². The number of rotatable bonds is 0. The summed E-state index contributed by atoms with van der Waals surface area (Å²) >= 11 is 0. The first-order chi connectivity index (χ1) is 4.88. The molecule has 0 radical (unpaired) electrons. The number of hydrogen-bond acceptors (Lipinski definition) is 3. The number of aliphatic hydroxyl groups is 1. The molecule has 0 saturated heterocycles. The van der Waals surface area contributed by atoms with Crippen molar-refractivity contribution in [2.45, 2.75) is 6.29 Å². The van der Waals surface area contributed by atoms with Crippen LogP contribution in [-0.4, -0.2) is 5.11 Å². The summed E-state index contributed by atoms with van der Waals surface area (Å²) in [6.07, 6.45) is -0.920. The lowest BCUT2D eigenvalue weighted by Gasteiger charge is -1.93. The number of fused-ring (bicyclic) bond motifs is 1. The number of para-hydroxylation sites is 1. The molecule has 2 rings (SSSR count). The van der Waals surface area contributed by atoms with Crippen LogP contribution < -0.4 is 4.89 Å². The maximum Gasteiger partial charge on any atom is 0.230 e. The molecule has 1 aromatic carbocycles. The van der Waals surface area contributed by atoms with E-state index in [1.807, 2.05) is 12.1 Å². The van der Waals surface area contributed by atoms with Crippen molar-refractivity contribution in [3.63, 3.8) is 0 Å². The maximum absolute atomic E-state index is 9.03. The maximum atomic E-state index is 9.03. The number of hydrogen-bond donors (Lipinski definition) is 1. The Bertz CT molecular complexity index is 246. The monoisotopic (exact) mass is 138 g/mol. The Morgan fingerprint density at radius 2 is 2.10 bits per heavy atom. The van der Waals surface area contributed by atoms with Crippen LogP contribution in [0.5, 0.6) is 5.75 Å². The summed E-state index contributed by atoms with van der Waals surface area (Å²) < 4.78 is 0. The van der Waals surface area contributed by atoms with Crippen LogP contribution >= 0.6 is 0 Å². The van der Waals surface area contributed by atoms with E-state index in [2.05, 4.69) is 9.78 Å². The lowest BCUT2D eigenvalue weighted by molar-refractivity contribution is -0.285. The molecule has 0 fully saturated rings. The van der Waals surface area contributed by atoms with E-state index in [9.17, 15) is 0 Å². The van der Waals surface area contributed by atoms with E-state index in [1.165, 1.54) is 0 Å². The third kappa shape index (κ3) is 0.683. The topological polar surface area (TPSA) is 38.7 Å². The Balaban J connectivity index is 2.51. The fourth-order valence-electron chi connectivity index (χ4n) is 0.910. The molecule has 10 heavy (non-hydrogen) atoms. The second kappa shape index (κ2) is 1.97. The molecule has 52 valence electrons. The van der Waals surface area contributed by atoms with Crippen molar-refractivity contribution in [1.29, 1.82) is 0 Å². The normalized spacial score (nSPS) is 21.9. The highest BCUT2D eigenvalue weighted by Crippen LogP contribution is 2.32. The van der Waals surface area contributed by atoms with Crippen molar-refractivity contribution in [3.05, 3.63) is 29.8 Å². The Labute approximate surface area is 57.7 Å². The molecule has 1 aliphatic heterocycles. The Morgan fingerprint density at radius 3 is 2.90 bits per heavy atom. The van der Waals surface area contributed by atoms with Gasteiger partial charge in [-0.15, -0.1) is 0 Å². The molecule has 3 heteroatoms. The second-order valence-corrected chi connectivity index (χ2v) is 2.07. The van der Waals surface area contributed by atoms with Gasteiger partial charge in [-0.05, 0) is 12.1 Å². The minimum Gasteiger partial charge on any atom is -0.361 e. The smallest absolute Gasteiger partial charge is 0.230 e. The molecule has 1 aliphatic rings. The van der Waals surface area contributed by atoms with E-state index in [0.717, 1.165) is 0 Å². The van der Waals surface area contributed by atoms with Gasteiger partial charge in [0.15, 0.2) is 5.75 Å². The van der Waals surface area contributed by atoms with Gasteiger partial charge in [-0.3, -0.25) is 0 Å². The SMILES string of the molecule is OC1OOc2ccccc21. The highest BCUT2D eigenvalue weighted by atomic mass is 17.2. The summed E-state index contributed by atoms with van der Waals surface area (Å²) in [5, 5.41) is 9.03. The molecule has 0 spiro atoms. The van der Waals surface area contributed by atoms with Gasteiger partial charge in [-0.1, -0.05) is 12.1 Å². The van der Waals surface area contributed by atoms with Crippen LogP contribution in [0.1, 0.15) is 11.9 Å². The van der Waals surface area contributed by atoms with Crippen LogP contribution in [0.25, 0.3) is 0 Å². The molecule has 1 atom stereocenters. The summed E-state index contributed by atoms with van der Waals surface area (Å²) in [6, 6.07) is 7.14. The zero-order chi connectivity index (χ0) is 6.97. The summed E-state index contributed by atoms with van der Waals surface area (Å²) in [7, 11) is 0. The lowest BCUT2D eigenvalue weighted by Crippen LogP contribution is -1.93. The van der Waals surface area contributed by atoms with Gasteiger partial charge in [-0.25, -0.2) is 0 Å². The van der Waals surface area contributed by atoms with Gasteiger partial charge in [0, 0.05) is 0 Å². The van der Waals surface area contributed by atoms with Crippen molar-refractivity contribution in [1.82, 2.24) is 0 Å². The van der Waals surface area contributed by atoms with Gasteiger partial charge >= 0.3 is 0 Å². The molecule has 3 nitrogen and oxygen atoms in total. The number of aliphatic hydroxyl groups excluding tert-OH is 1. The highest BCUT2D eigenvalue weighted by molar-refractivity contribution is 5.35. The first kappa shape index (κ1) is 5.70. The lowest BCUT2D eigenvalue weighted by atomic mass is 10.2. The minimum absolute atomic E-state index is 0.593. The van der Waals surface area contributed by atoms with Crippen LogP contribution in [0.3, 0.4) is 0 Å². The average Bonchev–Trinajstić information content (AvgIpc) is 2.34. The molecule has 0 aliphatic carbocycles. The molecule has 1 aromatic rings. The van der Waals surface area contributed by atoms with Crippen LogP contribution in [0.15, 0.2) is 24.3 Å². The Morgan fingerprint density at radius 1 is 1.30 bits per heavy atom. The van der Waals surface area contributed by atoms with Crippen LogP contribution in [0.4, 0.5) is 0 Å². The van der Waals surface area contributed by atoms with Gasteiger partial charge < -0.3 is 9.99 Å². The van der Waals surface area contributed by atoms with E-state index in [0.29, 0.717) is 11.3 Å². The zero-order valence-corrected chi connectivity index (χ0v) is 5.15. The largest absolute Gasteiger partial charge is 0.361 e. The van der Waals surface area contributed by atoms with Crippen molar-refractivity contribution >= 4 is 0 Å². The molecular weight excluding hydrogens is 132 g/mol. The molecule has 1 N–H and O–H groups in total. The fraction of sp³-hybridized carbons (Fsp3) is 0.143. The number of benzene rings is 1. The first-order valence-corrected chi connectivity index (χ1v) is 2.98. The van der Waals surface area contributed by atoms with Crippen LogP contribution in [0, 0.1) is 0 Å². The molecular formula is C7H6O3.